The summed E-state index contributed by atoms with van der Waals surface area (Å²) < 4.78 is 0. The summed E-state index contributed by atoms with van der Waals surface area (Å²) in [6.45, 7) is 1.56. The molecule has 0 atom stereocenters. The smallest absolute Gasteiger partial charge is 0.301 e. The zero-order valence-electron chi connectivity index (χ0n) is 6.08. The van der Waals surface area contributed by atoms with Crippen molar-refractivity contribution < 1.29 is 9.59 Å². The molecule has 1 heterocycles. The van der Waals surface area contributed by atoms with Gasteiger partial charge in [0.25, 0.3) is 5.12 Å². The van der Waals surface area contributed by atoms with Gasteiger partial charge in [0.05, 0.1) is 0 Å². The van der Waals surface area contributed by atoms with Crippen molar-refractivity contribution in [2.45, 2.75) is 0 Å². The Hall–Kier alpha value is -0.550. The summed E-state index contributed by atoms with van der Waals surface area (Å²) in [5, 5.41) is -0.357. The molecule has 0 spiro atoms. The first-order valence-corrected chi connectivity index (χ1v) is 4.40. The third-order valence-electron chi connectivity index (χ3n) is 1.46. The second-order valence-electron chi connectivity index (χ2n) is 2.22. The largest absolute Gasteiger partial charge is 0.333 e. The third kappa shape index (κ3) is 1.94. The van der Waals surface area contributed by atoms with Gasteiger partial charge >= 0.3 is 5.91 Å². The Labute approximate surface area is 69.1 Å². The molecule has 11 heavy (non-hydrogen) atoms. The van der Waals surface area contributed by atoms with Crippen LogP contribution in [0.3, 0.4) is 0 Å². The second-order valence-corrected chi connectivity index (χ2v) is 3.28. The van der Waals surface area contributed by atoms with Gasteiger partial charge in [-0.15, -0.1) is 0 Å². The zero-order valence-corrected chi connectivity index (χ0v) is 6.89. The number of carbonyl (C=O) groups excluding carboxylic acids is 2. The number of carbonyl (C=O) groups is 2. The summed E-state index contributed by atoms with van der Waals surface area (Å²) in [7, 11) is 0. The molecule has 1 saturated heterocycles. The maximum Gasteiger partial charge on any atom is 0.301 e. The van der Waals surface area contributed by atoms with Crippen molar-refractivity contribution in [3.05, 3.63) is 0 Å². The van der Waals surface area contributed by atoms with E-state index in [9.17, 15) is 9.59 Å². The number of rotatable bonds is 2. The number of thioether (sulfide) groups is 1. The van der Waals surface area contributed by atoms with Crippen LogP contribution in [0.5, 0.6) is 0 Å². The highest BCUT2D eigenvalue weighted by atomic mass is 32.2. The van der Waals surface area contributed by atoms with Gasteiger partial charge in [-0.1, -0.05) is 11.8 Å². The molecule has 0 aliphatic carbocycles. The molecule has 0 unspecified atom stereocenters. The van der Waals surface area contributed by atoms with Gasteiger partial charge in [0, 0.05) is 25.4 Å². The van der Waals surface area contributed by atoms with E-state index in [1.807, 2.05) is 0 Å². The summed E-state index contributed by atoms with van der Waals surface area (Å²) in [4.78, 5) is 23.3. The Kier molecular flexibility index (Phi) is 2.90. The van der Waals surface area contributed by atoms with Gasteiger partial charge < -0.3 is 10.6 Å². The van der Waals surface area contributed by atoms with Crippen LogP contribution in [0, 0.1) is 0 Å². The van der Waals surface area contributed by atoms with E-state index in [0.29, 0.717) is 25.4 Å². The first kappa shape index (κ1) is 8.55. The van der Waals surface area contributed by atoms with Crippen LogP contribution in [-0.4, -0.2) is 41.3 Å². The van der Waals surface area contributed by atoms with Gasteiger partial charge in [0.2, 0.25) is 0 Å². The van der Waals surface area contributed by atoms with Crippen molar-refractivity contribution in [3.8, 4) is 0 Å². The molecule has 5 heteroatoms. The van der Waals surface area contributed by atoms with Crippen molar-refractivity contribution in [2.75, 3.05) is 25.4 Å². The van der Waals surface area contributed by atoms with Crippen molar-refractivity contribution in [1.82, 2.24) is 4.90 Å². The molecule has 1 fully saturated rings. The van der Waals surface area contributed by atoms with E-state index < -0.39 is 5.91 Å². The monoisotopic (exact) mass is 174 g/mol. The van der Waals surface area contributed by atoms with Crippen LogP contribution in [0.1, 0.15) is 0 Å². The lowest BCUT2D eigenvalue weighted by atomic mass is 10.4. The first-order chi connectivity index (χ1) is 5.25. The number of nitrogens with two attached hydrogens (primary N) is 1. The Morgan fingerprint density at radius 1 is 1.55 bits per heavy atom. The van der Waals surface area contributed by atoms with E-state index in [0.717, 1.165) is 11.8 Å². The highest BCUT2D eigenvalue weighted by Crippen LogP contribution is 2.11. The Bertz CT molecular complexity index is 181. The average molecular weight is 174 g/mol. The number of hydrogen-bond acceptors (Lipinski definition) is 4. The normalized spacial score (nSPS) is 19.2. The van der Waals surface area contributed by atoms with Crippen LogP contribution in [0.25, 0.3) is 0 Å². The summed E-state index contributed by atoms with van der Waals surface area (Å²) in [5.74, 6) is 0.302. The fraction of sp³-hybridized carbons (Fsp3) is 0.667. The van der Waals surface area contributed by atoms with Gasteiger partial charge in [0.1, 0.15) is 0 Å². The molecule has 62 valence electrons. The summed E-state index contributed by atoms with van der Waals surface area (Å²) in [5.41, 5.74) is 5.26. The van der Waals surface area contributed by atoms with Crippen LogP contribution in [0.4, 0.5) is 0 Å². The molecule has 2 N–H and O–H groups in total. The van der Waals surface area contributed by atoms with E-state index in [2.05, 4.69) is 0 Å². The summed E-state index contributed by atoms with van der Waals surface area (Å²) in [6, 6.07) is 0. The lowest BCUT2D eigenvalue weighted by Gasteiger charge is -2.24. The topological polar surface area (TPSA) is 63.4 Å². The lowest BCUT2D eigenvalue weighted by Crippen LogP contribution is -2.43. The number of nitrogens with zero attached hydrogens (tertiary/aromatic N) is 1. The van der Waals surface area contributed by atoms with E-state index in [-0.39, 0.29) is 5.12 Å². The molecule has 0 bridgehead atoms. The molecule has 1 rings (SSSR count). The van der Waals surface area contributed by atoms with Crippen LogP contribution in [0.2, 0.25) is 0 Å². The SMILES string of the molecule is NCCN1CCSC(=O)C1=O. The van der Waals surface area contributed by atoms with Gasteiger partial charge in [-0.05, 0) is 0 Å². The van der Waals surface area contributed by atoms with Gasteiger partial charge in [0.15, 0.2) is 0 Å². The highest BCUT2D eigenvalue weighted by molar-refractivity contribution is 8.15. The molecular formula is C6H10N2O2S. The Morgan fingerprint density at radius 2 is 2.27 bits per heavy atom. The van der Waals surface area contributed by atoms with E-state index >= 15 is 0 Å². The molecule has 1 aliphatic heterocycles. The second kappa shape index (κ2) is 3.73. The first-order valence-electron chi connectivity index (χ1n) is 3.42. The summed E-state index contributed by atoms with van der Waals surface area (Å²) >= 11 is 1.08. The predicted molar refractivity (Wildman–Crippen MR) is 43.1 cm³/mol. The van der Waals surface area contributed by atoms with Crippen LogP contribution >= 0.6 is 11.8 Å². The van der Waals surface area contributed by atoms with Crippen LogP contribution in [-0.2, 0) is 9.59 Å². The summed E-state index contributed by atoms with van der Waals surface area (Å²) in [6.07, 6.45) is 0. The minimum Gasteiger partial charge on any atom is -0.333 e. The van der Waals surface area contributed by atoms with E-state index in [1.54, 1.807) is 0 Å². The molecule has 4 nitrogen and oxygen atoms in total. The molecular weight excluding hydrogens is 164 g/mol. The third-order valence-corrected chi connectivity index (χ3v) is 2.28. The minimum absolute atomic E-state index is 0.357. The molecule has 0 aromatic rings. The predicted octanol–water partition coefficient (Wildman–Crippen LogP) is -0.953. The van der Waals surface area contributed by atoms with Gasteiger partial charge in [-0.2, -0.15) is 0 Å². The molecule has 0 saturated carbocycles. The standard InChI is InChI=1S/C6H10N2O2S/c7-1-2-8-3-4-11-6(10)5(8)9/h1-4,7H2. The van der Waals surface area contributed by atoms with Crippen molar-refractivity contribution >= 4 is 22.8 Å². The van der Waals surface area contributed by atoms with E-state index in [1.165, 1.54) is 4.90 Å². The fourth-order valence-electron chi connectivity index (χ4n) is 0.910. The maximum atomic E-state index is 11.0. The Balaban J connectivity index is 2.51. The Morgan fingerprint density at radius 3 is 2.91 bits per heavy atom. The van der Waals surface area contributed by atoms with Crippen LogP contribution < -0.4 is 5.73 Å². The van der Waals surface area contributed by atoms with Crippen molar-refractivity contribution in [3.63, 3.8) is 0 Å². The van der Waals surface area contributed by atoms with Crippen LogP contribution in [0.15, 0.2) is 0 Å². The average Bonchev–Trinajstić information content (AvgIpc) is 1.99. The minimum atomic E-state index is -0.397. The van der Waals surface area contributed by atoms with Crippen molar-refractivity contribution in [1.29, 1.82) is 0 Å². The number of amides is 1. The quantitative estimate of drug-likeness (QED) is 0.548. The molecule has 1 amide bonds. The fourth-order valence-corrected chi connectivity index (χ4v) is 1.66. The highest BCUT2D eigenvalue weighted by Gasteiger charge is 2.25. The number of hydrogen-bond donors (Lipinski definition) is 1. The van der Waals surface area contributed by atoms with Gasteiger partial charge in [-0.3, -0.25) is 9.59 Å². The molecule has 1 aliphatic rings. The van der Waals surface area contributed by atoms with E-state index in [4.69, 9.17) is 5.73 Å². The van der Waals surface area contributed by atoms with Crippen molar-refractivity contribution in [2.24, 2.45) is 5.73 Å². The molecule has 0 aromatic carbocycles. The molecule has 0 radical (unpaired) electrons. The van der Waals surface area contributed by atoms with Gasteiger partial charge in [-0.25, -0.2) is 0 Å². The maximum absolute atomic E-state index is 11.0. The lowest BCUT2D eigenvalue weighted by molar-refractivity contribution is -0.140. The zero-order chi connectivity index (χ0) is 8.27. The molecule has 0 aromatic heterocycles.